The zero-order valence-corrected chi connectivity index (χ0v) is 12.5. The first-order valence-corrected chi connectivity index (χ1v) is 6.88. The molecule has 2 aromatic rings. The van der Waals surface area contributed by atoms with E-state index in [-0.39, 0.29) is 18.9 Å². The summed E-state index contributed by atoms with van der Waals surface area (Å²) in [6, 6.07) is 6.16. The van der Waals surface area contributed by atoms with Crippen molar-refractivity contribution in [1.29, 1.82) is 0 Å². The fourth-order valence-corrected chi connectivity index (χ4v) is 2.72. The molecule has 24 heavy (non-hydrogen) atoms. The van der Waals surface area contributed by atoms with Gasteiger partial charge in [0, 0.05) is 25.0 Å². The highest BCUT2D eigenvalue weighted by Crippen LogP contribution is 2.39. The Morgan fingerprint density at radius 2 is 1.75 bits per heavy atom. The van der Waals surface area contributed by atoms with Crippen molar-refractivity contribution in [1.82, 2.24) is 9.88 Å². The van der Waals surface area contributed by atoms with Gasteiger partial charge in [0.05, 0.1) is 0 Å². The predicted molar refractivity (Wildman–Crippen MR) is 87.2 cm³/mol. The highest BCUT2D eigenvalue weighted by atomic mass is 19.1. The Morgan fingerprint density at radius 1 is 1.12 bits per heavy atom. The first-order valence-electron chi connectivity index (χ1n) is 6.88. The highest BCUT2D eigenvalue weighted by Gasteiger charge is 2.50. The molecule has 2 heterocycles. The Hall–Kier alpha value is -2.83. The molecule has 5 nitrogen and oxygen atoms in total. The zero-order valence-electron chi connectivity index (χ0n) is 12.5. The number of hydrogen-bond acceptors (Lipinski definition) is 4. The van der Waals surface area contributed by atoms with Crippen LogP contribution >= 0.6 is 0 Å². The van der Waals surface area contributed by atoms with Crippen LogP contribution < -0.4 is 5.73 Å². The van der Waals surface area contributed by atoms with Crippen molar-refractivity contribution in [2.24, 2.45) is 10.7 Å². The summed E-state index contributed by atoms with van der Waals surface area (Å²) in [5, 5.41) is 0. The van der Waals surface area contributed by atoms with Gasteiger partial charge in [0.2, 0.25) is 0 Å². The molecule has 0 radical (unpaired) electrons. The van der Waals surface area contributed by atoms with Crippen molar-refractivity contribution < 1.29 is 13.6 Å². The molecule has 3 rings (SSSR count). The number of pyridine rings is 1. The maximum absolute atomic E-state index is 13.7. The van der Waals surface area contributed by atoms with E-state index in [0.29, 0.717) is 11.3 Å². The molecule has 0 fully saturated rings. The van der Waals surface area contributed by atoms with E-state index in [1.165, 1.54) is 18.1 Å². The van der Waals surface area contributed by atoms with Crippen LogP contribution in [-0.4, -0.2) is 28.8 Å². The second-order valence-corrected chi connectivity index (χ2v) is 5.39. The first-order chi connectivity index (χ1) is 10.8. The van der Waals surface area contributed by atoms with Crippen LogP contribution in [0.3, 0.4) is 0 Å². The number of amides is 1. The van der Waals surface area contributed by atoms with E-state index < -0.39 is 23.1 Å². The third-order valence-electron chi connectivity index (χ3n) is 3.83. The summed E-state index contributed by atoms with van der Waals surface area (Å²) in [5.74, 6) is -2.08. The van der Waals surface area contributed by atoms with E-state index in [1.807, 2.05) is 0 Å². The number of likely N-dealkylation sites (N-methyl/N-ethyl adjacent to an activating group) is 1. The lowest BCUT2D eigenvalue weighted by molar-refractivity contribution is -0.129. The van der Waals surface area contributed by atoms with Crippen LogP contribution in [0.4, 0.5) is 8.78 Å². The molecule has 1 aliphatic rings. The number of halogens is 2. The van der Waals surface area contributed by atoms with Gasteiger partial charge in [-0.3, -0.25) is 14.7 Å². The van der Waals surface area contributed by atoms with E-state index in [2.05, 4.69) is 9.98 Å². The van der Waals surface area contributed by atoms with Crippen molar-refractivity contribution in [3.05, 3.63) is 65.0 Å². The summed E-state index contributed by atoms with van der Waals surface area (Å²) < 4.78 is 27.4. The topological polar surface area (TPSA) is 71.6 Å². The van der Waals surface area contributed by atoms with Crippen molar-refractivity contribution in [2.45, 2.75) is 19.9 Å². The Kier molecular flexibility index (Phi) is 4.38. The van der Waals surface area contributed by atoms with Gasteiger partial charge in [-0.25, -0.2) is 13.8 Å². The average Bonchev–Trinajstić information content (AvgIpc) is 2.71. The molecular weight excluding hydrogens is 314 g/mol. The molecule has 0 saturated carbocycles. The molecule has 1 atom stereocenters. The maximum atomic E-state index is 13.7. The Labute approximate surface area is 138 Å². The third-order valence-corrected chi connectivity index (χ3v) is 3.83. The lowest BCUT2D eigenvalue weighted by Gasteiger charge is -2.26. The molecule has 1 aromatic heterocycles. The van der Waals surface area contributed by atoms with Gasteiger partial charge in [0.1, 0.15) is 11.6 Å². The van der Waals surface area contributed by atoms with Crippen LogP contribution in [0, 0.1) is 18.6 Å². The van der Waals surface area contributed by atoms with Gasteiger partial charge in [0.25, 0.3) is 5.91 Å². The summed E-state index contributed by atoms with van der Waals surface area (Å²) in [4.78, 5) is 22.3. The minimum Gasteiger partial charge on any atom is -0.369 e. The molecule has 1 aliphatic heterocycles. The zero-order chi connectivity index (χ0) is 16.8. The molecule has 0 aliphatic carbocycles. The van der Waals surface area contributed by atoms with Gasteiger partial charge in [-0.05, 0) is 42.3 Å². The maximum Gasteiger partial charge on any atom is 0.266 e. The quantitative estimate of drug-likeness (QED) is 0.917. The number of benzene rings is 1. The van der Waals surface area contributed by atoms with Gasteiger partial charge in [0.15, 0.2) is 11.5 Å². The molecule has 0 bridgehead atoms. The molecule has 126 valence electrons. The fourth-order valence-electron chi connectivity index (χ4n) is 2.72. The minimum absolute atomic E-state index is 0. The van der Waals surface area contributed by atoms with E-state index in [4.69, 9.17) is 5.73 Å². The lowest BCUT2D eigenvalue weighted by Crippen LogP contribution is -2.41. The van der Waals surface area contributed by atoms with Crippen LogP contribution in [0.2, 0.25) is 0 Å². The van der Waals surface area contributed by atoms with Gasteiger partial charge < -0.3 is 5.73 Å². The van der Waals surface area contributed by atoms with Crippen molar-refractivity contribution in [2.75, 3.05) is 7.05 Å². The molecule has 1 aromatic carbocycles. The number of carbonyl (C=O) groups is 1. The Balaban J connectivity index is 0.00000208. The van der Waals surface area contributed by atoms with E-state index >= 15 is 0 Å². The van der Waals surface area contributed by atoms with Gasteiger partial charge >= 0.3 is 0 Å². The highest BCUT2D eigenvalue weighted by molar-refractivity contribution is 6.08. The number of aryl methyl sites for hydroxylation is 1. The fraction of sp³-hybridized carbons (Fsp3) is 0.235. The largest absolute Gasteiger partial charge is 0.369 e. The van der Waals surface area contributed by atoms with Gasteiger partial charge in [-0.15, -0.1) is 0 Å². The molecule has 1 amide bonds. The van der Waals surface area contributed by atoms with Crippen molar-refractivity contribution >= 4 is 11.9 Å². The summed E-state index contributed by atoms with van der Waals surface area (Å²) in [6.45, 7) is 1.75. The molecule has 1 unspecified atom stereocenters. The molecule has 2 N–H and O–H groups in total. The number of hydrogen-bond donors (Lipinski definition) is 1. The normalized spacial score (nSPS) is 19.9. The predicted octanol–water partition coefficient (Wildman–Crippen LogP) is 2.33. The Morgan fingerprint density at radius 3 is 2.25 bits per heavy atom. The first kappa shape index (κ1) is 17.5. The lowest BCUT2D eigenvalue weighted by atomic mass is 9.83. The summed E-state index contributed by atoms with van der Waals surface area (Å²) in [7, 11) is 1.46. The number of aromatic nitrogens is 1. The van der Waals surface area contributed by atoms with Crippen LogP contribution in [0.25, 0.3) is 0 Å². The molecular formula is C17H18F2N4O. The summed E-state index contributed by atoms with van der Waals surface area (Å²) in [6.07, 6.45) is 1.51. The number of rotatable bonds is 2. The standard InChI is InChI=1S/C16H14F2N4O.CH4/c1-9-5-10(3-4-20-9)16(14(23)22(2)15(19)21-16)11-6-12(17)8-13(18)7-11;/h3-8H,1-2H3,(H2,19,21);1H4. The van der Waals surface area contributed by atoms with E-state index in [1.54, 1.807) is 19.1 Å². The second-order valence-electron chi connectivity index (χ2n) is 5.39. The third kappa shape index (κ3) is 2.51. The minimum atomic E-state index is -1.62. The van der Waals surface area contributed by atoms with Crippen LogP contribution in [0.5, 0.6) is 0 Å². The van der Waals surface area contributed by atoms with Gasteiger partial charge in [-0.2, -0.15) is 0 Å². The second kappa shape index (κ2) is 5.99. The molecule has 7 heteroatoms. The number of aliphatic imine (C=N–C) groups is 1. The number of carbonyl (C=O) groups excluding carboxylic acids is 1. The average molecular weight is 332 g/mol. The summed E-state index contributed by atoms with van der Waals surface area (Å²) >= 11 is 0. The number of guanidine groups is 1. The summed E-state index contributed by atoms with van der Waals surface area (Å²) in [5.41, 5.74) is 5.35. The van der Waals surface area contributed by atoms with Crippen LogP contribution in [0.1, 0.15) is 24.2 Å². The van der Waals surface area contributed by atoms with Gasteiger partial charge in [-0.1, -0.05) is 7.43 Å². The smallest absolute Gasteiger partial charge is 0.266 e. The van der Waals surface area contributed by atoms with E-state index in [9.17, 15) is 13.6 Å². The van der Waals surface area contributed by atoms with E-state index in [0.717, 1.165) is 18.2 Å². The van der Waals surface area contributed by atoms with Crippen molar-refractivity contribution in [3.8, 4) is 0 Å². The molecule has 0 spiro atoms. The van der Waals surface area contributed by atoms with Crippen molar-refractivity contribution in [3.63, 3.8) is 0 Å². The van der Waals surface area contributed by atoms with Crippen LogP contribution in [0.15, 0.2) is 41.5 Å². The number of nitrogens with zero attached hydrogens (tertiary/aromatic N) is 3. The SMILES string of the molecule is C.Cc1cc(C2(c3cc(F)cc(F)c3)N=C(N)N(C)C2=O)ccn1. The Bertz CT molecular complexity index is 817. The monoisotopic (exact) mass is 332 g/mol. The van der Waals surface area contributed by atoms with Crippen LogP contribution in [-0.2, 0) is 10.3 Å². The molecule has 0 saturated heterocycles. The number of nitrogens with two attached hydrogens (primary N) is 1.